The summed E-state index contributed by atoms with van der Waals surface area (Å²) in [5.41, 5.74) is -0.426. The van der Waals surface area contributed by atoms with Crippen LogP contribution in [0.1, 0.15) is 33.9 Å². The first kappa shape index (κ1) is 27.5. The highest BCUT2D eigenvalue weighted by atomic mass is 19.4. The Morgan fingerprint density at radius 3 is 1.16 bits per heavy atom. The van der Waals surface area contributed by atoms with E-state index < -0.39 is 23.5 Å². The summed E-state index contributed by atoms with van der Waals surface area (Å²) in [5.74, 6) is 0. The topological polar surface area (TPSA) is 57.4 Å². The second-order valence-corrected chi connectivity index (χ2v) is 10.2. The number of benzene rings is 2. The summed E-state index contributed by atoms with van der Waals surface area (Å²) in [7, 11) is 0. The molecule has 0 saturated heterocycles. The number of rotatable bonds is 2. The molecule has 0 saturated carbocycles. The molecule has 44 heavy (non-hydrogen) atoms. The van der Waals surface area contributed by atoms with Gasteiger partial charge in [0.1, 0.15) is 11.1 Å². The SMILES string of the molecule is FC(F)(F)c1c2nc(c(-c3ccccc3)c3ccc([nH]3)c(C(F)(F)F)c3ccc([nH]3)c(-c3ccccc3)c3nc1C=C3)C=C2. The van der Waals surface area contributed by atoms with Crippen LogP contribution in [0.25, 0.3) is 68.6 Å². The molecule has 8 bridgehead atoms. The second kappa shape index (κ2) is 10.1. The van der Waals surface area contributed by atoms with Crippen LogP contribution >= 0.6 is 0 Å². The van der Waals surface area contributed by atoms with E-state index in [1.54, 1.807) is 60.7 Å². The zero-order valence-corrected chi connectivity index (χ0v) is 22.6. The van der Waals surface area contributed by atoms with Crippen LogP contribution in [0.5, 0.6) is 0 Å². The number of H-pyrrole nitrogens is 2. The van der Waals surface area contributed by atoms with E-state index in [9.17, 15) is 26.3 Å². The van der Waals surface area contributed by atoms with Crippen LogP contribution in [0.3, 0.4) is 0 Å². The van der Waals surface area contributed by atoms with Gasteiger partial charge in [0.15, 0.2) is 0 Å². The molecule has 0 fully saturated rings. The second-order valence-electron chi connectivity index (χ2n) is 10.2. The van der Waals surface area contributed by atoms with Gasteiger partial charge in [0.25, 0.3) is 0 Å². The predicted octanol–water partition coefficient (Wildman–Crippen LogP) is 10.0. The van der Waals surface area contributed by atoms with E-state index in [-0.39, 0.29) is 44.8 Å². The maximum Gasteiger partial charge on any atom is 0.420 e. The fourth-order valence-electron chi connectivity index (χ4n) is 5.62. The predicted molar refractivity (Wildman–Crippen MR) is 160 cm³/mol. The average Bonchev–Trinajstić information content (AvgIpc) is 3.79. The maximum atomic E-state index is 14.7. The summed E-state index contributed by atoms with van der Waals surface area (Å²) in [5, 5.41) is 0. The Morgan fingerprint density at radius 1 is 0.409 bits per heavy atom. The van der Waals surface area contributed by atoms with E-state index in [0.29, 0.717) is 22.3 Å². The molecule has 2 aliphatic heterocycles. The molecule has 0 aliphatic carbocycles. The van der Waals surface area contributed by atoms with E-state index in [0.717, 1.165) is 0 Å². The zero-order valence-electron chi connectivity index (χ0n) is 22.6. The molecule has 218 valence electrons. The first-order chi connectivity index (χ1) is 21.1. The van der Waals surface area contributed by atoms with Gasteiger partial charge in [0, 0.05) is 22.2 Å². The third-order valence-corrected chi connectivity index (χ3v) is 7.45. The molecule has 5 aromatic rings. The van der Waals surface area contributed by atoms with Crippen molar-refractivity contribution in [1.82, 2.24) is 19.9 Å². The van der Waals surface area contributed by atoms with Gasteiger partial charge in [-0.2, -0.15) is 26.3 Å². The number of alkyl halides is 6. The minimum absolute atomic E-state index is 0.160. The van der Waals surface area contributed by atoms with E-state index >= 15 is 0 Å². The third kappa shape index (κ3) is 4.78. The first-order valence-corrected chi connectivity index (χ1v) is 13.5. The van der Waals surface area contributed by atoms with Gasteiger partial charge >= 0.3 is 12.4 Å². The maximum absolute atomic E-state index is 14.7. The zero-order chi connectivity index (χ0) is 30.6. The Morgan fingerprint density at radius 2 is 0.773 bits per heavy atom. The van der Waals surface area contributed by atoms with Gasteiger partial charge in [-0.05, 0) is 59.7 Å². The minimum atomic E-state index is -4.81. The van der Waals surface area contributed by atoms with Crippen LogP contribution in [0.15, 0.2) is 84.9 Å². The smallest absolute Gasteiger partial charge is 0.354 e. The number of aromatic amines is 2. The number of hydrogen-bond acceptors (Lipinski definition) is 2. The largest absolute Gasteiger partial charge is 0.420 e. The molecule has 0 radical (unpaired) electrons. The van der Waals surface area contributed by atoms with Crippen LogP contribution in [0.4, 0.5) is 26.3 Å². The lowest BCUT2D eigenvalue weighted by Gasteiger charge is -2.09. The minimum Gasteiger partial charge on any atom is -0.354 e. The van der Waals surface area contributed by atoms with E-state index in [4.69, 9.17) is 0 Å². The highest BCUT2D eigenvalue weighted by molar-refractivity contribution is 5.94. The molecule has 0 amide bonds. The Balaban J connectivity index is 1.71. The number of fused-ring (bicyclic) bond motifs is 8. The van der Waals surface area contributed by atoms with Crippen LogP contribution < -0.4 is 0 Å². The fraction of sp³-hybridized carbons (Fsp3) is 0.0588. The summed E-state index contributed by atoms with van der Waals surface area (Å²) >= 11 is 0. The van der Waals surface area contributed by atoms with Crippen LogP contribution in [0, 0.1) is 0 Å². The Hall–Kier alpha value is -5.38. The van der Waals surface area contributed by atoms with Crippen molar-refractivity contribution in [1.29, 1.82) is 0 Å². The van der Waals surface area contributed by atoms with Gasteiger partial charge in [-0.3, -0.25) is 0 Å². The Kier molecular flexibility index (Phi) is 6.31. The Bertz CT molecular complexity index is 2000. The standard InChI is InChI=1S/C34H20F6N4/c35-33(36,37)31-25-15-11-21(41-25)29(19-7-3-1-4-8-19)22-12-16-26(42-22)32(34(38,39)40)28-18-14-24(44-28)30(20-9-5-2-6-10-20)23-13-17-27(31)43-23/h1-18,41,43H. The van der Waals surface area contributed by atoms with Crippen molar-refractivity contribution in [2.45, 2.75) is 12.4 Å². The fourth-order valence-corrected chi connectivity index (χ4v) is 5.62. The average molecular weight is 599 g/mol. The molecule has 10 heteroatoms. The molecule has 2 aromatic carbocycles. The first-order valence-electron chi connectivity index (χ1n) is 13.5. The molecule has 7 rings (SSSR count). The molecule has 2 N–H and O–H groups in total. The van der Waals surface area contributed by atoms with Gasteiger partial charge in [-0.15, -0.1) is 0 Å². The molecular formula is C34H20F6N4. The molecular weight excluding hydrogens is 578 g/mol. The quantitative estimate of drug-likeness (QED) is 0.195. The molecule has 5 heterocycles. The van der Waals surface area contributed by atoms with Crippen molar-refractivity contribution in [3.8, 4) is 22.3 Å². The molecule has 0 spiro atoms. The summed E-state index contributed by atoms with van der Waals surface area (Å²) in [6, 6.07) is 22.9. The number of aromatic nitrogens is 4. The van der Waals surface area contributed by atoms with Gasteiger partial charge in [0.05, 0.1) is 33.8 Å². The summed E-state index contributed by atoms with van der Waals surface area (Å²) < 4.78 is 88.1. The molecule has 4 nitrogen and oxygen atoms in total. The van der Waals surface area contributed by atoms with E-state index in [1.165, 1.54) is 48.6 Å². The summed E-state index contributed by atoms with van der Waals surface area (Å²) in [6.45, 7) is 0. The number of nitrogens with one attached hydrogen (secondary N) is 2. The van der Waals surface area contributed by atoms with Crippen molar-refractivity contribution in [2.24, 2.45) is 0 Å². The van der Waals surface area contributed by atoms with Crippen molar-refractivity contribution >= 4 is 46.4 Å². The normalized spacial score (nSPS) is 13.0. The summed E-state index contributed by atoms with van der Waals surface area (Å²) in [6.07, 6.45) is -4.20. The highest BCUT2D eigenvalue weighted by Crippen LogP contribution is 2.41. The van der Waals surface area contributed by atoms with Crippen LogP contribution in [-0.4, -0.2) is 19.9 Å². The molecule has 0 unspecified atom stereocenters. The van der Waals surface area contributed by atoms with Gasteiger partial charge in [0.2, 0.25) is 0 Å². The molecule has 0 atom stereocenters. The third-order valence-electron chi connectivity index (χ3n) is 7.45. The number of nitrogens with zero attached hydrogens (tertiary/aromatic N) is 2. The number of halogens is 6. The van der Waals surface area contributed by atoms with Gasteiger partial charge < -0.3 is 9.97 Å². The van der Waals surface area contributed by atoms with Crippen molar-refractivity contribution in [3.05, 3.63) is 119 Å². The Labute approximate surface area is 246 Å². The number of hydrogen-bond donors (Lipinski definition) is 2. The van der Waals surface area contributed by atoms with Crippen molar-refractivity contribution < 1.29 is 26.3 Å². The van der Waals surface area contributed by atoms with Crippen molar-refractivity contribution in [3.63, 3.8) is 0 Å². The summed E-state index contributed by atoms with van der Waals surface area (Å²) in [4.78, 5) is 14.5. The lowest BCUT2D eigenvalue weighted by molar-refractivity contribution is -0.138. The molecule has 2 aliphatic rings. The van der Waals surface area contributed by atoms with Crippen LogP contribution in [0.2, 0.25) is 0 Å². The van der Waals surface area contributed by atoms with E-state index in [2.05, 4.69) is 19.9 Å². The monoisotopic (exact) mass is 598 g/mol. The molecule has 3 aromatic heterocycles. The van der Waals surface area contributed by atoms with Gasteiger partial charge in [-0.25, -0.2) is 9.97 Å². The lowest BCUT2D eigenvalue weighted by Crippen LogP contribution is -2.10. The van der Waals surface area contributed by atoms with Gasteiger partial charge in [-0.1, -0.05) is 60.7 Å². The van der Waals surface area contributed by atoms with E-state index in [1.807, 2.05) is 0 Å². The lowest BCUT2D eigenvalue weighted by atomic mass is 10.0. The van der Waals surface area contributed by atoms with Crippen LogP contribution in [-0.2, 0) is 12.4 Å². The van der Waals surface area contributed by atoms with Crippen molar-refractivity contribution in [2.75, 3.05) is 0 Å². The highest BCUT2D eigenvalue weighted by Gasteiger charge is 2.38.